The van der Waals surface area contributed by atoms with Crippen molar-refractivity contribution in [3.8, 4) is 0 Å². The van der Waals surface area contributed by atoms with Crippen molar-refractivity contribution in [2.24, 2.45) is 5.92 Å². The van der Waals surface area contributed by atoms with Crippen LogP contribution in [0.2, 0.25) is 0 Å². The van der Waals surface area contributed by atoms with Crippen molar-refractivity contribution in [3.63, 3.8) is 0 Å². The first kappa shape index (κ1) is 15.8. The highest BCUT2D eigenvalue weighted by atomic mass is 19.1. The Kier molecular flexibility index (Phi) is 4.14. The van der Waals surface area contributed by atoms with E-state index in [1.807, 2.05) is 0 Å². The molecule has 1 amide bonds. The van der Waals surface area contributed by atoms with Gasteiger partial charge in [-0.2, -0.15) is 0 Å². The van der Waals surface area contributed by atoms with Crippen molar-refractivity contribution < 1.29 is 9.18 Å². The summed E-state index contributed by atoms with van der Waals surface area (Å²) in [7, 11) is 0. The molecule has 6 heteroatoms. The first-order valence-electron chi connectivity index (χ1n) is 9.16. The number of rotatable bonds is 5. The Morgan fingerprint density at radius 3 is 2.62 bits per heavy atom. The quantitative estimate of drug-likeness (QED) is 0.900. The van der Waals surface area contributed by atoms with E-state index in [0.717, 1.165) is 24.4 Å². The molecule has 0 atom stereocenters. The number of aromatic nitrogens is 2. The summed E-state index contributed by atoms with van der Waals surface area (Å²) in [6.45, 7) is 1.42. The second-order valence-corrected chi connectivity index (χ2v) is 7.56. The van der Waals surface area contributed by atoms with Crippen LogP contribution < -0.4 is 10.2 Å². The lowest BCUT2D eigenvalue weighted by Gasteiger charge is -2.37. The normalized spacial score (nSPS) is 23.6. The van der Waals surface area contributed by atoms with Gasteiger partial charge in [0.2, 0.25) is 5.91 Å². The molecule has 24 heavy (non-hydrogen) atoms. The molecule has 2 aliphatic carbocycles. The molecule has 2 heterocycles. The van der Waals surface area contributed by atoms with Gasteiger partial charge in [-0.1, -0.05) is 6.42 Å². The molecule has 1 N–H and O–H groups in total. The average molecular weight is 332 g/mol. The van der Waals surface area contributed by atoms with Gasteiger partial charge in [0.05, 0.1) is 6.54 Å². The molecule has 1 aromatic rings. The van der Waals surface area contributed by atoms with Crippen LogP contribution in [-0.2, 0) is 4.79 Å². The van der Waals surface area contributed by atoms with Crippen molar-refractivity contribution in [1.29, 1.82) is 0 Å². The molecule has 0 spiro atoms. The number of anilines is 1. The van der Waals surface area contributed by atoms with Gasteiger partial charge in [0.1, 0.15) is 17.8 Å². The van der Waals surface area contributed by atoms with Gasteiger partial charge in [0, 0.05) is 49.5 Å². The summed E-state index contributed by atoms with van der Waals surface area (Å²) in [5, 5.41) is 2.79. The zero-order valence-electron chi connectivity index (χ0n) is 14.0. The molecule has 0 bridgehead atoms. The fourth-order valence-electron chi connectivity index (χ4n) is 3.51. The molecular weight excluding hydrogens is 307 g/mol. The monoisotopic (exact) mass is 332 g/mol. The number of carbonyl (C=O) groups is 1. The first-order chi connectivity index (χ1) is 11.6. The van der Waals surface area contributed by atoms with Crippen molar-refractivity contribution >= 4 is 11.7 Å². The third-order valence-corrected chi connectivity index (χ3v) is 5.71. The van der Waals surface area contributed by atoms with Crippen molar-refractivity contribution in [3.05, 3.63) is 18.1 Å². The molecule has 0 aromatic carbocycles. The van der Waals surface area contributed by atoms with E-state index in [0.29, 0.717) is 31.8 Å². The van der Waals surface area contributed by atoms with Crippen LogP contribution in [0.25, 0.3) is 0 Å². The zero-order chi connectivity index (χ0) is 16.6. The number of carbonyl (C=O) groups excluding carboxylic acids is 1. The van der Waals surface area contributed by atoms with Crippen LogP contribution in [0.15, 0.2) is 12.4 Å². The highest BCUT2D eigenvalue weighted by Gasteiger charge is 2.37. The van der Waals surface area contributed by atoms with Crippen LogP contribution in [0.1, 0.15) is 56.6 Å². The summed E-state index contributed by atoms with van der Waals surface area (Å²) in [4.78, 5) is 22.6. The van der Waals surface area contributed by atoms with E-state index in [-0.39, 0.29) is 18.4 Å². The second kappa shape index (κ2) is 6.30. The number of amides is 1. The third kappa shape index (κ3) is 3.37. The molecule has 3 fully saturated rings. The first-order valence-corrected chi connectivity index (χ1v) is 9.16. The minimum Gasteiger partial charge on any atom is -0.356 e. The van der Waals surface area contributed by atoms with Gasteiger partial charge in [0.15, 0.2) is 0 Å². The molecule has 0 unspecified atom stereocenters. The maximum atomic E-state index is 14.9. The molecule has 1 saturated heterocycles. The van der Waals surface area contributed by atoms with Gasteiger partial charge in [-0.05, 0) is 25.7 Å². The summed E-state index contributed by atoms with van der Waals surface area (Å²) in [6, 6.07) is 2.07. The molecular formula is C18H25FN4O. The van der Waals surface area contributed by atoms with E-state index in [2.05, 4.69) is 26.3 Å². The molecule has 130 valence electrons. The Morgan fingerprint density at radius 2 is 2.00 bits per heavy atom. The number of alkyl halides is 1. The average Bonchev–Trinajstić information content (AvgIpc) is 3.37. The number of nitrogens with one attached hydrogen (secondary N) is 1. The smallest absolute Gasteiger partial charge is 0.223 e. The van der Waals surface area contributed by atoms with E-state index in [1.165, 1.54) is 19.3 Å². The van der Waals surface area contributed by atoms with Gasteiger partial charge >= 0.3 is 0 Å². The number of hydrogen-bond acceptors (Lipinski definition) is 4. The second-order valence-electron chi connectivity index (χ2n) is 7.56. The molecule has 3 aliphatic rings. The topological polar surface area (TPSA) is 58.1 Å². The van der Waals surface area contributed by atoms with Crippen LogP contribution in [0.3, 0.4) is 0 Å². The predicted molar refractivity (Wildman–Crippen MR) is 89.6 cm³/mol. The van der Waals surface area contributed by atoms with Gasteiger partial charge in [-0.25, -0.2) is 14.4 Å². The standard InChI is InChI=1S/C18H25FN4O/c19-18(11-20-17(24)14-4-5-14)6-8-23(9-7-18)16-10-15(21-12-22-16)13-2-1-3-13/h10,12-14H,1-9,11H2,(H,20,24). The molecule has 2 saturated carbocycles. The summed E-state index contributed by atoms with van der Waals surface area (Å²) in [5.41, 5.74) is -0.162. The Hall–Kier alpha value is -1.72. The summed E-state index contributed by atoms with van der Waals surface area (Å²) >= 11 is 0. The van der Waals surface area contributed by atoms with E-state index < -0.39 is 5.67 Å². The fourth-order valence-corrected chi connectivity index (χ4v) is 3.51. The number of piperidine rings is 1. The van der Waals surface area contributed by atoms with E-state index >= 15 is 0 Å². The Labute approximate surface area is 142 Å². The molecule has 0 radical (unpaired) electrons. The SMILES string of the molecule is O=C(NCC1(F)CCN(c2cc(C3CCC3)ncn2)CC1)C1CC1. The van der Waals surface area contributed by atoms with Crippen LogP contribution in [0, 0.1) is 5.92 Å². The Morgan fingerprint density at radius 1 is 1.25 bits per heavy atom. The van der Waals surface area contributed by atoms with Crippen molar-refractivity contribution in [1.82, 2.24) is 15.3 Å². The lowest BCUT2D eigenvalue weighted by Crippen LogP contribution is -2.48. The summed E-state index contributed by atoms with van der Waals surface area (Å²) < 4.78 is 14.9. The lowest BCUT2D eigenvalue weighted by molar-refractivity contribution is -0.123. The maximum absolute atomic E-state index is 14.9. The number of hydrogen-bond donors (Lipinski definition) is 1. The highest BCUT2D eigenvalue weighted by Crippen LogP contribution is 2.36. The van der Waals surface area contributed by atoms with Crippen molar-refractivity contribution in [2.45, 2.75) is 56.5 Å². The van der Waals surface area contributed by atoms with Crippen molar-refractivity contribution in [2.75, 3.05) is 24.5 Å². The number of halogens is 1. The highest BCUT2D eigenvalue weighted by molar-refractivity contribution is 5.80. The predicted octanol–water partition coefficient (Wildman–Crippen LogP) is 2.58. The van der Waals surface area contributed by atoms with Crippen LogP contribution in [0.5, 0.6) is 0 Å². The minimum atomic E-state index is -1.29. The molecule has 1 aromatic heterocycles. The summed E-state index contributed by atoms with van der Waals surface area (Å²) in [5.74, 6) is 1.65. The van der Waals surface area contributed by atoms with E-state index in [1.54, 1.807) is 6.33 Å². The van der Waals surface area contributed by atoms with Gasteiger partial charge in [-0.3, -0.25) is 4.79 Å². The maximum Gasteiger partial charge on any atom is 0.223 e. The Bertz CT molecular complexity index is 607. The molecule has 1 aliphatic heterocycles. The van der Waals surface area contributed by atoms with Crippen LogP contribution >= 0.6 is 0 Å². The van der Waals surface area contributed by atoms with E-state index in [4.69, 9.17) is 0 Å². The summed E-state index contributed by atoms with van der Waals surface area (Å²) in [6.07, 6.45) is 8.11. The molecule has 5 nitrogen and oxygen atoms in total. The van der Waals surface area contributed by atoms with Gasteiger partial charge < -0.3 is 10.2 Å². The number of nitrogens with zero attached hydrogens (tertiary/aromatic N) is 3. The van der Waals surface area contributed by atoms with E-state index in [9.17, 15) is 9.18 Å². The largest absolute Gasteiger partial charge is 0.356 e. The lowest BCUT2D eigenvalue weighted by atomic mass is 9.83. The van der Waals surface area contributed by atoms with Gasteiger partial charge in [0.25, 0.3) is 0 Å². The van der Waals surface area contributed by atoms with Crippen LogP contribution in [-0.4, -0.2) is 41.2 Å². The third-order valence-electron chi connectivity index (χ3n) is 5.71. The fraction of sp³-hybridized carbons (Fsp3) is 0.722. The van der Waals surface area contributed by atoms with Crippen LogP contribution in [0.4, 0.5) is 10.2 Å². The zero-order valence-corrected chi connectivity index (χ0v) is 14.0. The minimum absolute atomic E-state index is 0.0235. The Balaban J connectivity index is 1.32. The molecule has 4 rings (SSSR count). The van der Waals surface area contributed by atoms with Gasteiger partial charge in [-0.15, -0.1) is 0 Å².